The maximum absolute atomic E-state index is 12.8. The zero-order valence-corrected chi connectivity index (χ0v) is 18.6. The molecule has 1 aliphatic rings. The van der Waals surface area contributed by atoms with Crippen molar-refractivity contribution in [1.82, 2.24) is 4.90 Å². The highest BCUT2D eigenvalue weighted by atomic mass is 32.2. The fourth-order valence-corrected chi connectivity index (χ4v) is 5.34. The Morgan fingerprint density at radius 3 is 2.50 bits per heavy atom. The van der Waals surface area contributed by atoms with Crippen LogP contribution in [0.25, 0.3) is 0 Å². The Morgan fingerprint density at radius 1 is 1.07 bits per heavy atom. The van der Waals surface area contributed by atoms with Crippen LogP contribution in [0.4, 0.5) is 5.69 Å². The van der Waals surface area contributed by atoms with Crippen molar-refractivity contribution in [2.45, 2.75) is 37.6 Å². The standard InChI is InChI=1S/C23H24N2O3S2/c1-16(2)17-6-9-21(10-7-17)30(27,28)24-20-8-5-18-11-12-25(15-19(18)14-20)23(26)22-4-3-13-29-22/h3-10,13-14,16,24H,11-12,15H2,1-2H3. The number of nitrogens with one attached hydrogen (secondary N) is 1. The fraction of sp³-hybridized carbons (Fsp3) is 0.261. The third-order valence-corrected chi connectivity index (χ3v) is 7.60. The number of sulfonamides is 1. The summed E-state index contributed by atoms with van der Waals surface area (Å²) in [6.07, 6.45) is 0.760. The summed E-state index contributed by atoms with van der Waals surface area (Å²) in [4.78, 5) is 15.4. The molecule has 0 unspecified atom stereocenters. The van der Waals surface area contributed by atoms with E-state index in [1.54, 1.807) is 18.2 Å². The number of hydrogen-bond acceptors (Lipinski definition) is 4. The summed E-state index contributed by atoms with van der Waals surface area (Å²) in [6.45, 7) is 5.28. The highest BCUT2D eigenvalue weighted by molar-refractivity contribution is 7.92. The first-order chi connectivity index (χ1) is 14.3. The van der Waals surface area contributed by atoms with Crippen LogP contribution in [0.3, 0.4) is 0 Å². The normalized spacial score (nSPS) is 13.9. The van der Waals surface area contributed by atoms with Gasteiger partial charge in [0.05, 0.1) is 9.77 Å². The Morgan fingerprint density at radius 2 is 1.83 bits per heavy atom. The van der Waals surface area contributed by atoms with Crippen molar-refractivity contribution in [2.75, 3.05) is 11.3 Å². The van der Waals surface area contributed by atoms with E-state index in [1.807, 2.05) is 46.7 Å². The molecule has 1 aliphatic heterocycles. The van der Waals surface area contributed by atoms with Gasteiger partial charge in [0.25, 0.3) is 15.9 Å². The van der Waals surface area contributed by atoms with Crippen LogP contribution in [-0.2, 0) is 23.0 Å². The van der Waals surface area contributed by atoms with Gasteiger partial charge in [0, 0.05) is 18.8 Å². The number of benzene rings is 2. The predicted octanol–water partition coefficient (Wildman–Crippen LogP) is 4.87. The van der Waals surface area contributed by atoms with E-state index in [4.69, 9.17) is 0 Å². The van der Waals surface area contributed by atoms with Gasteiger partial charge in [-0.1, -0.05) is 38.1 Å². The van der Waals surface area contributed by atoms with Gasteiger partial charge in [0.2, 0.25) is 0 Å². The lowest BCUT2D eigenvalue weighted by Gasteiger charge is -2.29. The lowest BCUT2D eigenvalue weighted by Crippen LogP contribution is -2.35. The molecule has 7 heteroatoms. The number of fused-ring (bicyclic) bond motifs is 1. The van der Waals surface area contributed by atoms with Crippen LogP contribution in [0.2, 0.25) is 0 Å². The first-order valence-electron chi connectivity index (χ1n) is 9.91. The molecule has 0 radical (unpaired) electrons. The van der Waals surface area contributed by atoms with Crippen LogP contribution in [0, 0.1) is 0 Å². The molecule has 0 saturated heterocycles. The number of nitrogens with zero attached hydrogens (tertiary/aromatic N) is 1. The number of rotatable bonds is 5. The lowest BCUT2D eigenvalue weighted by molar-refractivity contribution is 0.0739. The van der Waals surface area contributed by atoms with E-state index in [9.17, 15) is 13.2 Å². The quantitative estimate of drug-likeness (QED) is 0.615. The molecular formula is C23H24N2O3S2. The van der Waals surface area contributed by atoms with Crippen molar-refractivity contribution in [2.24, 2.45) is 0 Å². The van der Waals surface area contributed by atoms with Crippen molar-refractivity contribution >= 4 is 33.0 Å². The zero-order valence-electron chi connectivity index (χ0n) is 17.0. The number of hydrogen-bond donors (Lipinski definition) is 1. The first-order valence-corrected chi connectivity index (χ1v) is 12.3. The average molecular weight is 441 g/mol. The molecule has 2 aromatic carbocycles. The number of amides is 1. The second-order valence-corrected chi connectivity index (χ2v) is 10.4. The Balaban J connectivity index is 1.52. The number of carbonyl (C=O) groups excluding carboxylic acids is 1. The fourth-order valence-electron chi connectivity index (χ4n) is 3.60. The molecule has 0 bridgehead atoms. The van der Waals surface area contributed by atoms with Crippen LogP contribution >= 0.6 is 11.3 Å². The Hall–Kier alpha value is -2.64. The van der Waals surface area contributed by atoms with Gasteiger partial charge >= 0.3 is 0 Å². The summed E-state index contributed by atoms with van der Waals surface area (Å²) in [6, 6.07) is 16.2. The van der Waals surface area contributed by atoms with Gasteiger partial charge in [-0.05, 0) is 64.7 Å². The number of anilines is 1. The highest BCUT2D eigenvalue weighted by Gasteiger charge is 2.23. The van der Waals surface area contributed by atoms with Crippen molar-refractivity contribution in [3.63, 3.8) is 0 Å². The van der Waals surface area contributed by atoms with E-state index in [2.05, 4.69) is 18.6 Å². The van der Waals surface area contributed by atoms with Gasteiger partial charge in [-0.15, -0.1) is 11.3 Å². The van der Waals surface area contributed by atoms with Gasteiger partial charge in [-0.2, -0.15) is 0 Å². The predicted molar refractivity (Wildman–Crippen MR) is 121 cm³/mol. The van der Waals surface area contributed by atoms with Crippen LogP contribution in [0.5, 0.6) is 0 Å². The second-order valence-electron chi connectivity index (χ2n) is 7.77. The molecule has 1 aromatic heterocycles. The van der Waals surface area contributed by atoms with E-state index in [0.717, 1.165) is 28.0 Å². The maximum Gasteiger partial charge on any atom is 0.264 e. The Kier molecular flexibility index (Phi) is 5.66. The molecular weight excluding hydrogens is 416 g/mol. The molecule has 0 spiro atoms. The van der Waals surface area contributed by atoms with Gasteiger partial charge in [0.1, 0.15) is 0 Å². The second kappa shape index (κ2) is 8.24. The first kappa shape index (κ1) is 20.6. The lowest BCUT2D eigenvalue weighted by atomic mass is 9.99. The van der Waals surface area contributed by atoms with Crippen LogP contribution in [0.1, 0.15) is 46.1 Å². The smallest absolute Gasteiger partial charge is 0.264 e. The van der Waals surface area contributed by atoms with E-state index in [-0.39, 0.29) is 10.8 Å². The monoisotopic (exact) mass is 440 g/mol. The SMILES string of the molecule is CC(C)c1ccc(S(=O)(=O)Nc2ccc3c(c2)CN(C(=O)c2cccs2)CC3)cc1. The minimum absolute atomic E-state index is 0.0203. The molecule has 1 N–H and O–H groups in total. The largest absolute Gasteiger partial charge is 0.333 e. The summed E-state index contributed by atoms with van der Waals surface area (Å²) in [5.41, 5.74) is 3.72. The Bertz CT molecular complexity index is 1150. The highest BCUT2D eigenvalue weighted by Crippen LogP contribution is 2.26. The topological polar surface area (TPSA) is 66.5 Å². The van der Waals surface area contributed by atoms with Gasteiger partial charge in [-0.3, -0.25) is 9.52 Å². The number of carbonyl (C=O) groups is 1. The van der Waals surface area contributed by atoms with E-state index in [1.165, 1.54) is 11.3 Å². The third-order valence-electron chi connectivity index (χ3n) is 5.35. The third kappa shape index (κ3) is 4.27. The van der Waals surface area contributed by atoms with Crippen molar-refractivity contribution in [3.05, 3.63) is 81.5 Å². The van der Waals surface area contributed by atoms with Crippen molar-refractivity contribution in [3.8, 4) is 0 Å². The van der Waals surface area contributed by atoms with E-state index < -0.39 is 10.0 Å². The van der Waals surface area contributed by atoms with Crippen LogP contribution < -0.4 is 4.72 Å². The summed E-state index contributed by atoms with van der Waals surface area (Å²) in [7, 11) is -3.68. The zero-order chi connectivity index (χ0) is 21.3. The molecule has 5 nitrogen and oxygen atoms in total. The molecule has 0 aliphatic carbocycles. The summed E-state index contributed by atoms with van der Waals surface area (Å²) >= 11 is 1.43. The molecule has 0 saturated carbocycles. The van der Waals surface area contributed by atoms with Crippen molar-refractivity contribution < 1.29 is 13.2 Å². The molecule has 2 heterocycles. The summed E-state index contributed by atoms with van der Waals surface area (Å²) < 4.78 is 28.3. The van der Waals surface area contributed by atoms with E-state index >= 15 is 0 Å². The van der Waals surface area contributed by atoms with Gasteiger partial charge in [-0.25, -0.2) is 8.42 Å². The average Bonchev–Trinajstić information content (AvgIpc) is 3.27. The molecule has 156 valence electrons. The molecule has 0 fully saturated rings. The Labute approximate surface area is 181 Å². The van der Waals surface area contributed by atoms with Crippen LogP contribution in [0.15, 0.2) is 64.9 Å². The minimum Gasteiger partial charge on any atom is -0.333 e. The molecule has 30 heavy (non-hydrogen) atoms. The number of thiophene rings is 1. The molecule has 0 atom stereocenters. The van der Waals surface area contributed by atoms with Crippen LogP contribution in [-0.4, -0.2) is 25.8 Å². The maximum atomic E-state index is 12.8. The minimum atomic E-state index is -3.68. The summed E-state index contributed by atoms with van der Waals surface area (Å²) in [5, 5.41) is 1.89. The van der Waals surface area contributed by atoms with E-state index in [0.29, 0.717) is 24.7 Å². The molecule has 1 amide bonds. The molecule has 3 aromatic rings. The summed E-state index contributed by atoms with van der Waals surface area (Å²) in [5.74, 6) is 0.363. The van der Waals surface area contributed by atoms with Gasteiger partial charge < -0.3 is 4.90 Å². The van der Waals surface area contributed by atoms with Gasteiger partial charge in [0.15, 0.2) is 0 Å². The van der Waals surface area contributed by atoms with Crippen molar-refractivity contribution in [1.29, 1.82) is 0 Å². The molecule has 4 rings (SSSR count).